The average molecular weight is 297 g/mol. The maximum Gasteiger partial charge on any atom is 0.244 e. The number of nitrogens with one attached hydrogen (secondary N) is 2. The van der Waals surface area contributed by atoms with Crippen LogP contribution < -0.4 is 10.0 Å². The molecule has 0 aliphatic heterocycles. The van der Waals surface area contributed by atoms with Crippen molar-refractivity contribution in [3.63, 3.8) is 0 Å². The summed E-state index contributed by atoms with van der Waals surface area (Å²) < 4.78 is 27.4. The third kappa shape index (κ3) is 3.70. The topological polar surface area (TPSA) is 71.1 Å². The molecule has 1 aliphatic rings. The normalized spacial score (nSPS) is 23.5. The highest BCUT2D eigenvalue weighted by molar-refractivity contribution is 7.89. The number of hydrogen-bond acceptors (Lipinski definition) is 4. The van der Waals surface area contributed by atoms with Crippen LogP contribution in [0.3, 0.4) is 0 Å². The lowest BCUT2D eigenvalue weighted by Gasteiger charge is -2.26. The monoisotopic (exact) mass is 297 g/mol. The number of anilines is 1. The molecule has 0 saturated heterocycles. The molecular formula is C14H23N3O2S. The molecule has 6 heteroatoms. The number of pyridine rings is 1. The standard InChI is InChI=1S/C14H23N3O2S/c1-11-5-3-6-12(9-11)10-17-20(18,19)13-7-4-8-16-14(13)15-2/h4,7-8,11-12,17H,3,5-6,9-10H2,1-2H3,(H,15,16). The molecule has 0 amide bonds. The predicted octanol–water partition coefficient (Wildman–Crippen LogP) is 2.23. The Morgan fingerprint density at radius 3 is 2.90 bits per heavy atom. The first-order valence-corrected chi connectivity index (χ1v) is 8.63. The zero-order valence-corrected chi connectivity index (χ0v) is 12.9. The summed E-state index contributed by atoms with van der Waals surface area (Å²) in [6, 6.07) is 3.21. The molecule has 2 N–H and O–H groups in total. The maximum absolute atomic E-state index is 12.3. The van der Waals surface area contributed by atoms with Gasteiger partial charge >= 0.3 is 0 Å². The van der Waals surface area contributed by atoms with Crippen molar-refractivity contribution in [3.8, 4) is 0 Å². The van der Waals surface area contributed by atoms with E-state index in [0.29, 0.717) is 24.2 Å². The molecular weight excluding hydrogens is 274 g/mol. The largest absolute Gasteiger partial charge is 0.372 e. The van der Waals surface area contributed by atoms with Gasteiger partial charge in [0.1, 0.15) is 10.7 Å². The summed E-state index contributed by atoms with van der Waals surface area (Å²) >= 11 is 0. The Morgan fingerprint density at radius 1 is 1.40 bits per heavy atom. The second-order valence-corrected chi connectivity index (χ2v) is 7.33. The minimum absolute atomic E-state index is 0.214. The summed E-state index contributed by atoms with van der Waals surface area (Å²) in [6.07, 6.45) is 6.25. The van der Waals surface area contributed by atoms with Crippen LogP contribution in [0.2, 0.25) is 0 Å². The van der Waals surface area contributed by atoms with Gasteiger partial charge in [-0.1, -0.05) is 19.8 Å². The van der Waals surface area contributed by atoms with Gasteiger partial charge in [-0.05, 0) is 36.8 Å². The van der Waals surface area contributed by atoms with E-state index in [-0.39, 0.29) is 4.90 Å². The van der Waals surface area contributed by atoms with Crippen molar-refractivity contribution in [1.29, 1.82) is 0 Å². The highest BCUT2D eigenvalue weighted by Crippen LogP contribution is 2.28. The fraction of sp³-hybridized carbons (Fsp3) is 0.643. The van der Waals surface area contributed by atoms with Crippen LogP contribution in [0.4, 0.5) is 5.82 Å². The van der Waals surface area contributed by atoms with Crippen molar-refractivity contribution in [2.45, 2.75) is 37.5 Å². The van der Waals surface area contributed by atoms with Crippen molar-refractivity contribution in [2.75, 3.05) is 18.9 Å². The molecule has 1 fully saturated rings. The van der Waals surface area contributed by atoms with E-state index in [1.807, 2.05) is 0 Å². The predicted molar refractivity (Wildman–Crippen MR) is 80.1 cm³/mol. The first kappa shape index (κ1) is 15.3. The van der Waals surface area contributed by atoms with Crippen molar-refractivity contribution in [3.05, 3.63) is 18.3 Å². The van der Waals surface area contributed by atoms with Gasteiger partial charge in [-0.15, -0.1) is 0 Å². The molecule has 112 valence electrons. The molecule has 2 atom stereocenters. The fourth-order valence-corrected chi connectivity index (χ4v) is 4.12. The second-order valence-electron chi connectivity index (χ2n) is 5.59. The van der Waals surface area contributed by atoms with Crippen molar-refractivity contribution >= 4 is 15.8 Å². The first-order valence-electron chi connectivity index (χ1n) is 7.15. The highest BCUT2D eigenvalue weighted by Gasteiger charge is 2.23. The van der Waals surface area contributed by atoms with E-state index in [0.717, 1.165) is 12.8 Å². The van der Waals surface area contributed by atoms with Crippen LogP contribution in [0.15, 0.2) is 23.2 Å². The van der Waals surface area contributed by atoms with E-state index in [4.69, 9.17) is 0 Å². The Labute approximate surface area is 121 Å². The summed E-state index contributed by atoms with van der Waals surface area (Å²) in [5.74, 6) is 1.53. The van der Waals surface area contributed by atoms with Gasteiger partial charge in [0.05, 0.1) is 0 Å². The van der Waals surface area contributed by atoms with Crippen LogP contribution in [0.1, 0.15) is 32.6 Å². The van der Waals surface area contributed by atoms with Gasteiger partial charge in [0.25, 0.3) is 0 Å². The zero-order chi connectivity index (χ0) is 14.6. The number of hydrogen-bond donors (Lipinski definition) is 2. The molecule has 1 saturated carbocycles. The van der Waals surface area contributed by atoms with Gasteiger partial charge in [0.2, 0.25) is 10.0 Å². The minimum atomic E-state index is -3.49. The molecule has 2 unspecified atom stereocenters. The Morgan fingerprint density at radius 2 is 2.20 bits per heavy atom. The van der Waals surface area contributed by atoms with E-state index in [9.17, 15) is 8.42 Å². The molecule has 20 heavy (non-hydrogen) atoms. The average Bonchev–Trinajstić information content (AvgIpc) is 2.45. The summed E-state index contributed by atoms with van der Waals surface area (Å²) in [7, 11) is -1.82. The Balaban J connectivity index is 2.04. The number of nitrogens with zero attached hydrogens (tertiary/aromatic N) is 1. The lowest BCUT2D eigenvalue weighted by molar-refractivity contribution is 0.283. The minimum Gasteiger partial charge on any atom is -0.372 e. The van der Waals surface area contributed by atoms with Crippen LogP contribution in [-0.2, 0) is 10.0 Å². The molecule has 2 rings (SSSR count). The van der Waals surface area contributed by atoms with Crippen LogP contribution in [0.5, 0.6) is 0 Å². The maximum atomic E-state index is 12.3. The fourth-order valence-electron chi connectivity index (χ4n) is 2.85. The number of sulfonamides is 1. The molecule has 0 bridgehead atoms. The smallest absolute Gasteiger partial charge is 0.244 e. The summed E-state index contributed by atoms with van der Waals surface area (Å²) in [5, 5.41) is 2.82. The molecule has 0 aromatic carbocycles. The van der Waals surface area contributed by atoms with Gasteiger partial charge in [-0.25, -0.2) is 18.1 Å². The van der Waals surface area contributed by atoms with E-state index >= 15 is 0 Å². The van der Waals surface area contributed by atoms with E-state index < -0.39 is 10.0 Å². The molecule has 0 spiro atoms. The lowest BCUT2D eigenvalue weighted by atomic mass is 9.83. The van der Waals surface area contributed by atoms with E-state index in [1.54, 1.807) is 25.4 Å². The van der Waals surface area contributed by atoms with Gasteiger partial charge in [0.15, 0.2) is 0 Å². The number of aromatic nitrogens is 1. The van der Waals surface area contributed by atoms with Crippen LogP contribution in [0, 0.1) is 11.8 Å². The summed E-state index contributed by atoms with van der Waals surface area (Å²) in [5.41, 5.74) is 0. The SMILES string of the molecule is CNc1ncccc1S(=O)(=O)NCC1CCCC(C)C1. The van der Waals surface area contributed by atoms with Crippen molar-refractivity contribution < 1.29 is 8.42 Å². The quantitative estimate of drug-likeness (QED) is 0.874. The van der Waals surface area contributed by atoms with E-state index in [2.05, 4.69) is 21.9 Å². The van der Waals surface area contributed by atoms with Crippen molar-refractivity contribution in [2.24, 2.45) is 11.8 Å². The Hall–Kier alpha value is -1.14. The van der Waals surface area contributed by atoms with E-state index in [1.165, 1.54) is 12.8 Å². The van der Waals surface area contributed by atoms with Crippen LogP contribution >= 0.6 is 0 Å². The van der Waals surface area contributed by atoms with Gasteiger partial charge < -0.3 is 5.32 Å². The Bertz CT molecular complexity index is 545. The summed E-state index contributed by atoms with van der Waals surface area (Å²) in [4.78, 5) is 4.25. The molecule has 1 aliphatic carbocycles. The van der Waals surface area contributed by atoms with Gasteiger partial charge in [-0.3, -0.25) is 0 Å². The highest BCUT2D eigenvalue weighted by atomic mass is 32.2. The van der Waals surface area contributed by atoms with Crippen LogP contribution in [-0.4, -0.2) is 27.0 Å². The molecule has 5 nitrogen and oxygen atoms in total. The first-order chi connectivity index (χ1) is 9.53. The molecule has 1 heterocycles. The second kappa shape index (κ2) is 6.54. The third-order valence-corrected chi connectivity index (χ3v) is 5.36. The van der Waals surface area contributed by atoms with Gasteiger partial charge in [0, 0.05) is 19.8 Å². The number of rotatable bonds is 5. The zero-order valence-electron chi connectivity index (χ0n) is 12.1. The summed E-state index contributed by atoms with van der Waals surface area (Å²) in [6.45, 7) is 2.76. The van der Waals surface area contributed by atoms with Crippen molar-refractivity contribution in [1.82, 2.24) is 9.71 Å². The third-order valence-electron chi connectivity index (χ3n) is 3.90. The Kier molecular flexibility index (Phi) is 4.99. The molecule has 1 aromatic heterocycles. The lowest BCUT2D eigenvalue weighted by Crippen LogP contribution is -2.32. The molecule has 0 radical (unpaired) electrons. The van der Waals surface area contributed by atoms with Gasteiger partial charge in [-0.2, -0.15) is 0 Å². The molecule has 1 aromatic rings. The van der Waals surface area contributed by atoms with Crippen LogP contribution in [0.25, 0.3) is 0 Å².